The van der Waals surface area contributed by atoms with Crippen LogP contribution in [-0.2, 0) is 14.3 Å². The Hall–Kier alpha value is -3.60. The highest BCUT2D eigenvalue weighted by Crippen LogP contribution is 2.35. The highest BCUT2D eigenvalue weighted by molar-refractivity contribution is 6.32. The Bertz CT molecular complexity index is 1120. The van der Waals surface area contributed by atoms with Crippen LogP contribution in [0.3, 0.4) is 0 Å². The number of esters is 1. The maximum absolute atomic E-state index is 12.9. The van der Waals surface area contributed by atoms with Gasteiger partial charge in [-0.3, -0.25) is 9.59 Å². The second-order valence-corrected chi connectivity index (χ2v) is 7.63. The molecule has 0 saturated heterocycles. The highest BCUT2D eigenvalue weighted by atomic mass is 35.5. The Morgan fingerprint density at radius 1 is 1.12 bits per heavy atom. The lowest BCUT2D eigenvalue weighted by Gasteiger charge is -2.25. The van der Waals surface area contributed by atoms with Crippen LogP contribution in [0.2, 0.25) is 5.02 Å². The standard InChI is InChI=1S/C22H19ClF3N3O5/c1-3-33-19(31)21(13(2)30)12-29(28-18(21)14-4-6-15(23)7-5-14)20(32)27-16-8-10-17(11-9-16)34-22(24,25)26/h4-11H,3,12H2,1-2H3,(H,27,32). The number of hydrogen-bond acceptors (Lipinski definition) is 6. The maximum Gasteiger partial charge on any atom is 0.573 e. The summed E-state index contributed by atoms with van der Waals surface area (Å²) in [5.74, 6) is -1.91. The van der Waals surface area contributed by atoms with Crippen molar-refractivity contribution in [3.8, 4) is 5.75 Å². The molecule has 1 atom stereocenters. The minimum absolute atomic E-state index is 0.000301. The monoisotopic (exact) mass is 497 g/mol. The van der Waals surface area contributed by atoms with E-state index in [1.54, 1.807) is 31.2 Å². The van der Waals surface area contributed by atoms with E-state index < -0.39 is 41.9 Å². The fourth-order valence-corrected chi connectivity index (χ4v) is 3.46. The van der Waals surface area contributed by atoms with E-state index in [2.05, 4.69) is 15.2 Å². The number of Topliss-reactive ketones (excluding diaryl/α,β-unsaturated/α-hetero) is 1. The van der Waals surface area contributed by atoms with Gasteiger partial charge in [-0.1, -0.05) is 23.7 Å². The summed E-state index contributed by atoms with van der Waals surface area (Å²) >= 11 is 5.94. The molecule has 2 amide bonds. The molecule has 1 heterocycles. The summed E-state index contributed by atoms with van der Waals surface area (Å²) in [6, 6.07) is 9.82. The van der Waals surface area contributed by atoms with Gasteiger partial charge in [0.25, 0.3) is 0 Å². The first-order valence-corrected chi connectivity index (χ1v) is 10.3. The average molecular weight is 498 g/mol. The lowest BCUT2D eigenvalue weighted by Crippen LogP contribution is -2.49. The molecule has 1 aliphatic heterocycles. The molecule has 34 heavy (non-hydrogen) atoms. The van der Waals surface area contributed by atoms with Crippen LogP contribution in [0.25, 0.3) is 0 Å². The number of carbonyl (C=O) groups excluding carboxylic acids is 3. The van der Waals surface area contributed by atoms with Crippen LogP contribution in [0.5, 0.6) is 5.75 Å². The number of hydrazone groups is 1. The van der Waals surface area contributed by atoms with Gasteiger partial charge in [-0.2, -0.15) is 5.10 Å². The van der Waals surface area contributed by atoms with Crippen molar-refractivity contribution in [1.82, 2.24) is 5.01 Å². The zero-order valence-corrected chi connectivity index (χ0v) is 18.7. The van der Waals surface area contributed by atoms with Crippen LogP contribution in [0.4, 0.5) is 23.7 Å². The van der Waals surface area contributed by atoms with Gasteiger partial charge in [0.1, 0.15) is 5.75 Å². The van der Waals surface area contributed by atoms with Gasteiger partial charge >= 0.3 is 18.4 Å². The molecule has 1 N–H and O–H groups in total. The molecule has 0 fully saturated rings. The summed E-state index contributed by atoms with van der Waals surface area (Å²) in [7, 11) is 0. The number of urea groups is 1. The number of halogens is 4. The lowest BCUT2D eigenvalue weighted by molar-refractivity contribution is -0.274. The van der Waals surface area contributed by atoms with Gasteiger partial charge in [-0.15, -0.1) is 13.2 Å². The zero-order valence-electron chi connectivity index (χ0n) is 18.0. The third-order valence-corrected chi connectivity index (χ3v) is 5.18. The Balaban J connectivity index is 1.91. The van der Waals surface area contributed by atoms with Crippen molar-refractivity contribution in [3.05, 3.63) is 59.1 Å². The molecule has 180 valence electrons. The average Bonchev–Trinajstić information content (AvgIpc) is 3.17. The number of nitrogens with one attached hydrogen (secondary N) is 1. The van der Waals surface area contributed by atoms with Crippen LogP contribution in [-0.4, -0.2) is 48.0 Å². The van der Waals surface area contributed by atoms with Crippen LogP contribution in [0.15, 0.2) is 53.6 Å². The van der Waals surface area contributed by atoms with Crippen molar-refractivity contribution >= 4 is 40.8 Å². The smallest absolute Gasteiger partial charge is 0.465 e. The third-order valence-electron chi connectivity index (χ3n) is 4.93. The summed E-state index contributed by atoms with van der Waals surface area (Å²) in [4.78, 5) is 38.5. The van der Waals surface area contributed by atoms with E-state index in [4.69, 9.17) is 16.3 Å². The van der Waals surface area contributed by atoms with Crippen molar-refractivity contribution in [3.63, 3.8) is 0 Å². The summed E-state index contributed by atoms with van der Waals surface area (Å²) in [6.45, 7) is 2.35. The number of ether oxygens (including phenoxy) is 2. The van der Waals surface area contributed by atoms with E-state index in [-0.39, 0.29) is 18.0 Å². The Kier molecular flexibility index (Phi) is 7.15. The number of benzene rings is 2. The second-order valence-electron chi connectivity index (χ2n) is 7.20. The van der Waals surface area contributed by atoms with Gasteiger partial charge < -0.3 is 14.8 Å². The summed E-state index contributed by atoms with van der Waals surface area (Å²) in [6.07, 6.45) is -4.85. The number of rotatable bonds is 6. The number of anilines is 1. The molecule has 1 unspecified atom stereocenters. The summed E-state index contributed by atoms with van der Waals surface area (Å²) in [5.41, 5.74) is -1.33. The molecule has 1 aliphatic rings. The fraction of sp³-hybridized carbons (Fsp3) is 0.273. The number of alkyl halides is 3. The molecule has 2 aromatic rings. The van der Waals surface area contributed by atoms with Crippen LogP contribution in [0, 0.1) is 5.41 Å². The predicted octanol–water partition coefficient (Wildman–Crippen LogP) is 4.63. The van der Waals surface area contributed by atoms with Crippen LogP contribution < -0.4 is 10.1 Å². The maximum atomic E-state index is 12.9. The Labute approximate surface area is 197 Å². The fourth-order valence-electron chi connectivity index (χ4n) is 3.34. The van der Waals surface area contributed by atoms with Gasteiger partial charge in [0, 0.05) is 10.7 Å². The lowest BCUT2D eigenvalue weighted by atomic mass is 9.77. The van der Waals surface area contributed by atoms with Crippen LogP contribution >= 0.6 is 11.6 Å². The van der Waals surface area contributed by atoms with Crippen molar-refractivity contribution in [2.24, 2.45) is 10.5 Å². The minimum Gasteiger partial charge on any atom is -0.465 e. The number of carbonyl (C=O) groups is 3. The van der Waals surface area contributed by atoms with E-state index >= 15 is 0 Å². The predicted molar refractivity (Wildman–Crippen MR) is 117 cm³/mol. The van der Waals surface area contributed by atoms with Gasteiger partial charge in [-0.05, 0) is 55.8 Å². The van der Waals surface area contributed by atoms with E-state index in [9.17, 15) is 27.6 Å². The topological polar surface area (TPSA) is 97.3 Å². The molecule has 0 aliphatic carbocycles. The van der Waals surface area contributed by atoms with E-state index in [0.29, 0.717) is 10.6 Å². The zero-order chi connectivity index (χ0) is 25.1. The highest BCUT2D eigenvalue weighted by Gasteiger charge is 2.56. The van der Waals surface area contributed by atoms with Crippen molar-refractivity contribution < 1.29 is 37.0 Å². The molecule has 8 nitrogen and oxygen atoms in total. The van der Waals surface area contributed by atoms with Crippen LogP contribution in [0.1, 0.15) is 19.4 Å². The number of amides is 2. The van der Waals surface area contributed by atoms with Gasteiger partial charge in [0.2, 0.25) is 0 Å². The molecule has 0 radical (unpaired) electrons. The van der Waals surface area contributed by atoms with Crippen molar-refractivity contribution in [1.29, 1.82) is 0 Å². The molecule has 12 heteroatoms. The first-order valence-electron chi connectivity index (χ1n) is 9.94. The number of nitrogens with zero attached hydrogens (tertiary/aromatic N) is 2. The Morgan fingerprint density at radius 2 is 1.74 bits per heavy atom. The molecular weight excluding hydrogens is 479 g/mol. The second kappa shape index (κ2) is 9.72. The van der Waals surface area contributed by atoms with Gasteiger partial charge in [-0.25, -0.2) is 9.80 Å². The first kappa shape index (κ1) is 25.0. The molecule has 0 saturated carbocycles. The van der Waals surface area contributed by atoms with Crippen molar-refractivity contribution in [2.75, 3.05) is 18.5 Å². The third kappa shape index (κ3) is 5.30. The molecule has 0 spiro atoms. The van der Waals surface area contributed by atoms with E-state index in [1.165, 1.54) is 19.1 Å². The quantitative estimate of drug-likeness (QED) is 0.463. The van der Waals surface area contributed by atoms with E-state index in [0.717, 1.165) is 17.1 Å². The molecule has 2 aromatic carbocycles. The SMILES string of the molecule is CCOC(=O)C1(C(C)=O)CN(C(=O)Nc2ccc(OC(F)(F)F)cc2)N=C1c1ccc(Cl)cc1. The number of hydrogen-bond donors (Lipinski definition) is 1. The Morgan fingerprint density at radius 3 is 2.26 bits per heavy atom. The summed E-state index contributed by atoms with van der Waals surface area (Å²) < 4.78 is 45.9. The van der Waals surface area contributed by atoms with Gasteiger partial charge in [0.05, 0.1) is 18.9 Å². The molecule has 0 aromatic heterocycles. The van der Waals surface area contributed by atoms with Crippen molar-refractivity contribution in [2.45, 2.75) is 20.2 Å². The van der Waals surface area contributed by atoms with Gasteiger partial charge in [0.15, 0.2) is 11.2 Å². The molecular formula is C22H19ClF3N3O5. The number of ketones is 1. The minimum atomic E-state index is -4.85. The normalized spacial score (nSPS) is 17.7. The first-order chi connectivity index (χ1) is 16.0. The molecule has 0 bridgehead atoms. The largest absolute Gasteiger partial charge is 0.573 e. The summed E-state index contributed by atoms with van der Waals surface area (Å²) in [5, 5.41) is 8.00. The molecule has 3 rings (SSSR count). The van der Waals surface area contributed by atoms with E-state index in [1.807, 2.05) is 0 Å².